The molecule has 2 amide bonds. The lowest BCUT2D eigenvalue weighted by Crippen LogP contribution is -2.47. The highest BCUT2D eigenvalue weighted by Gasteiger charge is 2.32. The van der Waals surface area contributed by atoms with E-state index in [2.05, 4.69) is 19.2 Å². The number of hydrogen-bond donors (Lipinski definition) is 4. The summed E-state index contributed by atoms with van der Waals surface area (Å²) in [4.78, 5) is 24.8. The third kappa shape index (κ3) is 11.6. The highest BCUT2D eigenvalue weighted by Crippen LogP contribution is 2.32. The van der Waals surface area contributed by atoms with Crippen molar-refractivity contribution in [2.24, 2.45) is 40.6 Å². The third-order valence-corrected chi connectivity index (χ3v) is 8.02. The minimum Gasteiger partial charge on any atom is -0.493 e. The quantitative estimate of drug-likeness (QED) is 0.176. The largest absolute Gasteiger partial charge is 0.493 e. The second-order valence-electron chi connectivity index (χ2n) is 12.0. The molecule has 1 aromatic rings. The predicted octanol–water partition coefficient (Wildman–Crippen LogP) is 3.68. The Morgan fingerprint density at radius 3 is 2.30 bits per heavy atom. The minimum absolute atomic E-state index is 0.0426. The number of ether oxygens (including phenoxy) is 3. The molecule has 1 unspecified atom stereocenters. The molecule has 0 spiro atoms. The number of primary amides is 1. The number of aliphatic hydroxyl groups is 1. The van der Waals surface area contributed by atoms with Crippen LogP contribution in [0.5, 0.6) is 11.5 Å². The Morgan fingerprint density at radius 1 is 1.07 bits per heavy atom. The molecule has 230 valence electrons. The Hall–Kier alpha value is -2.36. The van der Waals surface area contributed by atoms with Gasteiger partial charge in [0.15, 0.2) is 11.5 Å². The van der Waals surface area contributed by atoms with Crippen molar-refractivity contribution in [3.05, 3.63) is 23.8 Å². The Morgan fingerprint density at radius 2 is 1.75 bits per heavy atom. The van der Waals surface area contributed by atoms with E-state index < -0.39 is 29.4 Å². The van der Waals surface area contributed by atoms with E-state index in [0.29, 0.717) is 37.1 Å². The number of nitrogens with two attached hydrogens (primary N) is 2. The molecule has 0 aromatic heterocycles. The van der Waals surface area contributed by atoms with Crippen LogP contribution in [0.3, 0.4) is 0 Å². The van der Waals surface area contributed by atoms with Crippen LogP contribution in [0, 0.1) is 29.1 Å². The van der Waals surface area contributed by atoms with E-state index in [1.165, 1.54) is 0 Å². The van der Waals surface area contributed by atoms with Crippen LogP contribution in [-0.2, 0) is 20.7 Å². The Bertz CT molecular complexity index is 907. The number of rotatable bonds is 20. The van der Waals surface area contributed by atoms with Gasteiger partial charge < -0.3 is 36.1 Å². The number of methoxy groups -OCH3 is 2. The molecule has 0 aliphatic carbocycles. The number of nitrogens with one attached hydrogen (secondary N) is 1. The number of carbonyl (C=O) groups excluding carboxylic acids is 2. The summed E-state index contributed by atoms with van der Waals surface area (Å²) in [5.41, 5.74) is 12.3. The monoisotopic (exact) mass is 565 g/mol. The summed E-state index contributed by atoms with van der Waals surface area (Å²) in [6.07, 6.45) is 2.36. The van der Waals surface area contributed by atoms with Gasteiger partial charge >= 0.3 is 0 Å². The maximum absolute atomic E-state index is 13.1. The van der Waals surface area contributed by atoms with Gasteiger partial charge in [-0.05, 0) is 68.6 Å². The molecule has 0 heterocycles. The van der Waals surface area contributed by atoms with E-state index in [0.717, 1.165) is 24.8 Å². The van der Waals surface area contributed by atoms with E-state index in [4.69, 9.17) is 25.7 Å². The van der Waals surface area contributed by atoms with Crippen LogP contribution < -0.4 is 26.3 Å². The lowest BCUT2D eigenvalue weighted by atomic mass is 9.80. The lowest BCUT2D eigenvalue weighted by molar-refractivity contribution is -0.130. The van der Waals surface area contributed by atoms with Crippen LogP contribution in [0.1, 0.15) is 72.8 Å². The van der Waals surface area contributed by atoms with Crippen molar-refractivity contribution in [2.75, 3.05) is 34.0 Å². The molecule has 0 aliphatic rings. The molecule has 40 heavy (non-hydrogen) atoms. The average molecular weight is 566 g/mol. The summed E-state index contributed by atoms with van der Waals surface area (Å²) in [6, 6.07) is 5.48. The van der Waals surface area contributed by atoms with E-state index in [1.807, 2.05) is 32.0 Å². The molecule has 0 fully saturated rings. The molecule has 6 N–H and O–H groups in total. The van der Waals surface area contributed by atoms with Crippen LogP contribution in [0.2, 0.25) is 0 Å². The maximum Gasteiger partial charge on any atom is 0.224 e. The number of amides is 2. The third-order valence-electron chi connectivity index (χ3n) is 8.02. The Balaban J connectivity index is 2.92. The summed E-state index contributed by atoms with van der Waals surface area (Å²) in [5.74, 6) is 0.881. The molecule has 9 nitrogen and oxygen atoms in total. The SMILES string of the molecule is CCC(C)[C@H](C[C@H](O)[C@@H](N)C[C@H](Cc1ccc(OC)c(OCCCOC)c1)C(C)C)C(=O)NCC(C)(C)C(N)=O. The average Bonchev–Trinajstić information content (AvgIpc) is 2.91. The molecule has 1 aromatic carbocycles. The van der Waals surface area contributed by atoms with Crippen molar-refractivity contribution in [1.29, 1.82) is 0 Å². The van der Waals surface area contributed by atoms with Crippen molar-refractivity contribution in [1.82, 2.24) is 5.32 Å². The number of aliphatic hydroxyl groups excluding tert-OH is 1. The van der Waals surface area contributed by atoms with Crippen molar-refractivity contribution < 1.29 is 28.9 Å². The van der Waals surface area contributed by atoms with E-state index in [1.54, 1.807) is 28.1 Å². The standard InChI is InChI=1S/C31H55N3O6/c1-9-21(4)24(29(36)34-19-31(5,6)30(33)37)18-26(35)25(32)17-23(20(2)3)15-22-11-12-27(39-8)28(16-22)40-14-10-13-38-7/h11-12,16,20-21,23-26,35H,9-10,13-15,17-19,32H2,1-8H3,(H2,33,37)(H,34,36)/t21?,23-,24-,25-,26-/m0/s1. The van der Waals surface area contributed by atoms with Crippen molar-refractivity contribution in [2.45, 2.75) is 85.8 Å². The fourth-order valence-electron chi connectivity index (χ4n) is 4.59. The smallest absolute Gasteiger partial charge is 0.224 e. The molecule has 0 saturated heterocycles. The minimum atomic E-state index is -0.856. The first kappa shape index (κ1) is 35.7. The summed E-state index contributed by atoms with van der Waals surface area (Å²) in [5, 5.41) is 14.0. The Labute approximate surface area is 241 Å². The fraction of sp³-hybridized carbons (Fsp3) is 0.742. The molecular weight excluding hydrogens is 510 g/mol. The number of hydrogen-bond acceptors (Lipinski definition) is 7. The van der Waals surface area contributed by atoms with Crippen LogP contribution in [0.4, 0.5) is 0 Å². The van der Waals surface area contributed by atoms with Gasteiger partial charge in [-0.2, -0.15) is 0 Å². The molecular formula is C31H55N3O6. The van der Waals surface area contributed by atoms with Gasteiger partial charge in [0, 0.05) is 38.6 Å². The normalized spacial score (nSPS) is 15.7. The molecule has 0 radical (unpaired) electrons. The number of carbonyl (C=O) groups is 2. The number of benzene rings is 1. The fourth-order valence-corrected chi connectivity index (χ4v) is 4.59. The van der Waals surface area contributed by atoms with E-state index in [-0.39, 0.29) is 30.7 Å². The van der Waals surface area contributed by atoms with Crippen molar-refractivity contribution in [3.8, 4) is 11.5 Å². The molecule has 0 aliphatic heterocycles. The van der Waals surface area contributed by atoms with Gasteiger partial charge in [-0.3, -0.25) is 9.59 Å². The second-order valence-corrected chi connectivity index (χ2v) is 12.0. The van der Waals surface area contributed by atoms with E-state index >= 15 is 0 Å². The topological polar surface area (TPSA) is 146 Å². The first-order valence-electron chi connectivity index (χ1n) is 14.6. The molecule has 9 heteroatoms. The van der Waals surface area contributed by atoms with Gasteiger partial charge in [-0.25, -0.2) is 0 Å². The molecule has 5 atom stereocenters. The van der Waals surface area contributed by atoms with Gasteiger partial charge in [-0.15, -0.1) is 0 Å². The first-order chi connectivity index (χ1) is 18.8. The predicted molar refractivity (Wildman–Crippen MR) is 159 cm³/mol. The van der Waals surface area contributed by atoms with Gasteiger partial charge in [0.2, 0.25) is 11.8 Å². The highest BCUT2D eigenvalue weighted by molar-refractivity contribution is 5.83. The van der Waals surface area contributed by atoms with Crippen LogP contribution in [0.15, 0.2) is 18.2 Å². The molecule has 1 rings (SSSR count). The van der Waals surface area contributed by atoms with Crippen molar-refractivity contribution in [3.63, 3.8) is 0 Å². The first-order valence-corrected chi connectivity index (χ1v) is 14.6. The molecule has 0 bridgehead atoms. The lowest BCUT2D eigenvalue weighted by Gasteiger charge is -2.31. The summed E-state index contributed by atoms with van der Waals surface area (Å²) < 4.78 is 16.5. The van der Waals surface area contributed by atoms with Gasteiger partial charge in [0.1, 0.15) is 0 Å². The molecule has 0 saturated carbocycles. The van der Waals surface area contributed by atoms with Crippen LogP contribution >= 0.6 is 0 Å². The van der Waals surface area contributed by atoms with Gasteiger partial charge in [0.25, 0.3) is 0 Å². The van der Waals surface area contributed by atoms with Crippen LogP contribution in [0.25, 0.3) is 0 Å². The summed E-state index contributed by atoms with van der Waals surface area (Å²) in [6.45, 7) is 13.0. The van der Waals surface area contributed by atoms with Gasteiger partial charge in [-0.1, -0.05) is 40.2 Å². The zero-order chi connectivity index (χ0) is 30.5. The zero-order valence-electron chi connectivity index (χ0n) is 26.0. The Kier molecular flexibility index (Phi) is 15.6. The summed E-state index contributed by atoms with van der Waals surface area (Å²) in [7, 11) is 3.29. The highest BCUT2D eigenvalue weighted by atomic mass is 16.5. The van der Waals surface area contributed by atoms with Crippen molar-refractivity contribution >= 4 is 11.8 Å². The zero-order valence-corrected chi connectivity index (χ0v) is 26.0. The second kappa shape index (κ2) is 17.5. The van der Waals surface area contributed by atoms with Gasteiger partial charge in [0.05, 0.1) is 25.2 Å². The maximum atomic E-state index is 13.1. The summed E-state index contributed by atoms with van der Waals surface area (Å²) >= 11 is 0. The van der Waals surface area contributed by atoms with Crippen LogP contribution in [-0.4, -0.2) is 63.0 Å². The van der Waals surface area contributed by atoms with E-state index in [9.17, 15) is 14.7 Å².